The van der Waals surface area contributed by atoms with Crippen molar-refractivity contribution in [3.05, 3.63) is 48.4 Å². The van der Waals surface area contributed by atoms with Crippen molar-refractivity contribution in [2.24, 2.45) is 0 Å². The van der Waals surface area contributed by atoms with Crippen LogP contribution in [0.1, 0.15) is 13.8 Å². The molecule has 1 aromatic heterocycles. The molecule has 0 atom stereocenters. The van der Waals surface area contributed by atoms with Gasteiger partial charge in [0, 0.05) is 24.5 Å². The van der Waals surface area contributed by atoms with E-state index in [-0.39, 0.29) is 5.82 Å². The maximum atomic E-state index is 13.9. The topological polar surface area (TPSA) is 25.6 Å². The van der Waals surface area contributed by atoms with Crippen molar-refractivity contribution in [2.75, 3.05) is 40.0 Å². The quantitative estimate of drug-likeness (QED) is 0.515. The first-order chi connectivity index (χ1) is 13.2. The Balaban J connectivity index is 0.00000102. The Labute approximate surface area is 160 Å². The Morgan fingerprint density at radius 2 is 1.85 bits per heavy atom. The van der Waals surface area contributed by atoms with E-state index in [1.165, 1.54) is 6.07 Å². The number of benzene rings is 2. The lowest BCUT2D eigenvalue weighted by atomic mass is 10.1. The van der Waals surface area contributed by atoms with Gasteiger partial charge in [-0.05, 0) is 30.3 Å². The fourth-order valence-corrected chi connectivity index (χ4v) is 3.49. The van der Waals surface area contributed by atoms with Gasteiger partial charge in [0.2, 0.25) is 5.52 Å². The molecule has 0 saturated carbocycles. The van der Waals surface area contributed by atoms with E-state index in [1.54, 1.807) is 13.2 Å². The molecule has 0 N–H and O–H groups in total. The Hall–Kier alpha value is -2.24. The van der Waals surface area contributed by atoms with Crippen LogP contribution in [0, 0.1) is 5.82 Å². The molecule has 2 aromatic carbocycles. The standard InChI is InChI=1S/C20H22FN2O2.C2H6/c1-24-17-3-4-18-15(12-17)14-23(7-6-22-8-10-25-11-9-22)20-5-2-16(21)13-19(18)20;1-2/h2-5,12-14H,6-11H2,1H3;1-2H3/q+1;. The first-order valence-corrected chi connectivity index (χ1v) is 9.64. The van der Waals surface area contributed by atoms with E-state index < -0.39 is 0 Å². The summed E-state index contributed by atoms with van der Waals surface area (Å²) >= 11 is 0. The Morgan fingerprint density at radius 3 is 2.59 bits per heavy atom. The van der Waals surface area contributed by atoms with Crippen LogP contribution in [0.15, 0.2) is 42.6 Å². The number of hydrogen-bond acceptors (Lipinski definition) is 3. The lowest BCUT2D eigenvalue weighted by molar-refractivity contribution is -0.669. The molecule has 0 aliphatic carbocycles. The Morgan fingerprint density at radius 1 is 1.07 bits per heavy atom. The van der Waals surface area contributed by atoms with Crippen LogP contribution < -0.4 is 9.30 Å². The monoisotopic (exact) mass is 371 g/mol. The van der Waals surface area contributed by atoms with E-state index >= 15 is 0 Å². The number of halogens is 1. The van der Waals surface area contributed by atoms with Crippen molar-refractivity contribution in [3.8, 4) is 5.75 Å². The van der Waals surface area contributed by atoms with E-state index in [0.29, 0.717) is 0 Å². The van der Waals surface area contributed by atoms with Gasteiger partial charge in [0.05, 0.1) is 37.6 Å². The van der Waals surface area contributed by atoms with Crippen LogP contribution in [-0.4, -0.2) is 44.9 Å². The molecule has 1 saturated heterocycles. The van der Waals surface area contributed by atoms with Gasteiger partial charge in [-0.25, -0.2) is 4.39 Å². The normalized spacial score (nSPS) is 14.8. The predicted molar refractivity (Wildman–Crippen MR) is 107 cm³/mol. The van der Waals surface area contributed by atoms with Crippen LogP contribution in [0.5, 0.6) is 5.75 Å². The highest BCUT2D eigenvalue weighted by Crippen LogP contribution is 2.26. The maximum Gasteiger partial charge on any atom is 0.213 e. The molecule has 1 fully saturated rings. The van der Waals surface area contributed by atoms with Crippen LogP contribution >= 0.6 is 0 Å². The van der Waals surface area contributed by atoms with Gasteiger partial charge in [-0.15, -0.1) is 0 Å². The number of fused-ring (bicyclic) bond motifs is 3. The SMILES string of the molecule is CC.COc1ccc2c(c1)c[n+](CCN1CCOCC1)c1ccc(F)cc21. The first kappa shape index (κ1) is 19.5. The Kier molecular flexibility index (Phi) is 6.58. The molecule has 27 heavy (non-hydrogen) atoms. The minimum atomic E-state index is -0.212. The molecule has 0 radical (unpaired) electrons. The molecule has 4 rings (SSSR count). The van der Waals surface area contributed by atoms with Gasteiger partial charge in [-0.2, -0.15) is 4.57 Å². The summed E-state index contributed by atoms with van der Waals surface area (Å²) in [6.45, 7) is 9.34. The number of pyridine rings is 1. The predicted octanol–water partition coefficient (Wildman–Crippen LogP) is 3.79. The summed E-state index contributed by atoms with van der Waals surface area (Å²) in [7, 11) is 1.66. The highest BCUT2D eigenvalue weighted by atomic mass is 19.1. The summed E-state index contributed by atoms with van der Waals surface area (Å²) in [4.78, 5) is 2.40. The summed E-state index contributed by atoms with van der Waals surface area (Å²) in [5.41, 5.74) is 1.05. The van der Waals surface area contributed by atoms with Gasteiger partial charge < -0.3 is 9.47 Å². The van der Waals surface area contributed by atoms with Gasteiger partial charge in [0.15, 0.2) is 12.7 Å². The number of hydrogen-bond donors (Lipinski definition) is 0. The average Bonchev–Trinajstić information content (AvgIpc) is 2.73. The minimum absolute atomic E-state index is 0.212. The molecular weight excluding hydrogens is 343 g/mol. The minimum Gasteiger partial charge on any atom is -0.497 e. The van der Waals surface area contributed by atoms with Crippen molar-refractivity contribution in [3.63, 3.8) is 0 Å². The van der Waals surface area contributed by atoms with Crippen LogP contribution in [0.2, 0.25) is 0 Å². The fourth-order valence-electron chi connectivity index (χ4n) is 3.49. The fraction of sp³-hybridized carbons (Fsp3) is 0.409. The molecule has 0 unspecified atom stereocenters. The second kappa shape index (κ2) is 9.11. The van der Waals surface area contributed by atoms with Crippen LogP contribution in [-0.2, 0) is 11.3 Å². The van der Waals surface area contributed by atoms with Crippen molar-refractivity contribution < 1.29 is 18.4 Å². The molecule has 1 aliphatic rings. The van der Waals surface area contributed by atoms with E-state index in [9.17, 15) is 4.39 Å². The van der Waals surface area contributed by atoms with Gasteiger partial charge >= 0.3 is 0 Å². The smallest absolute Gasteiger partial charge is 0.213 e. The summed E-state index contributed by atoms with van der Waals surface area (Å²) in [5, 5.41) is 3.03. The van der Waals surface area contributed by atoms with Crippen LogP contribution in [0.3, 0.4) is 0 Å². The van der Waals surface area contributed by atoms with Gasteiger partial charge in [0.1, 0.15) is 11.6 Å². The summed E-state index contributed by atoms with van der Waals surface area (Å²) in [6.07, 6.45) is 2.14. The molecule has 5 heteroatoms. The van der Waals surface area contributed by atoms with E-state index in [2.05, 4.69) is 15.7 Å². The van der Waals surface area contributed by atoms with Gasteiger partial charge in [0.25, 0.3) is 0 Å². The molecule has 0 amide bonds. The number of nitrogens with zero attached hydrogens (tertiary/aromatic N) is 2. The van der Waals surface area contributed by atoms with E-state index in [0.717, 1.165) is 66.8 Å². The van der Waals surface area contributed by atoms with Gasteiger partial charge in [-0.1, -0.05) is 13.8 Å². The molecule has 0 bridgehead atoms. The van der Waals surface area contributed by atoms with Crippen molar-refractivity contribution >= 4 is 21.7 Å². The molecular formula is C22H28FN2O2+. The van der Waals surface area contributed by atoms with Crippen LogP contribution in [0.25, 0.3) is 21.7 Å². The summed E-state index contributed by atoms with van der Waals surface area (Å²) in [6, 6.07) is 10.9. The van der Waals surface area contributed by atoms with Crippen molar-refractivity contribution in [1.82, 2.24) is 4.90 Å². The lowest BCUT2D eigenvalue weighted by Gasteiger charge is -2.25. The van der Waals surface area contributed by atoms with Crippen LogP contribution in [0.4, 0.5) is 4.39 Å². The third-order valence-electron chi connectivity index (χ3n) is 4.87. The third-order valence-corrected chi connectivity index (χ3v) is 4.87. The largest absolute Gasteiger partial charge is 0.497 e. The number of morpholine rings is 1. The highest BCUT2D eigenvalue weighted by Gasteiger charge is 2.17. The van der Waals surface area contributed by atoms with E-state index in [1.807, 2.05) is 38.1 Å². The zero-order valence-corrected chi connectivity index (χ0v) is 16.4. The Bertz CT molecular complexity index is 908. The molecule has 4 nitrogen and oxygen atoms in total. The number of ether oxygens (including phenoxy) is 2. The third kappa shape index (κ3) is 4.37. The second-order valence-electron chi connectivity index (χ2n) is 6.39. The average molecular weight is 371 g/mol. The summed E-state index contributed by atoms with van der Waals surface area (Å²) < 4.78 is 26.8. The van der Waals surface area contributed by atoms with Crippen molar-refractivity contribution in [2.45, 2.75) is 20.4 Å². The molecule has 0 spiro atoms. The molecule has 144 valence electrons. The lowest BCUT2D eigenvalue weighted by Crippen LogP contribution is -2.44. The number of methoxy groups -OCH3 is 1. The molecule has 3 aromatic rings. The first-order valence-electron chi connectivity index (χ1n) is 9.64. The maximum absolute atomic E-state index is 13.9. The highest BCUT2D eigenvalue weighted by molar-refractivity contribution is 6.04. The zero-order chi connectivity index (χ0) is 19.2. The molecule has 2 heterocycles. The summed E-state index contributed by atoms with van der Waals surface area (Å²) in [5.74, 6) is 0.596. The number of aromatic nitrogens is 1. The van der Waals surface area contributed by atoms with Gasteiger partial charge in [-0.3, -0.25) is 4.90 Å². The zero-order valence-electron chi connectivity index (χ0n) is 16.4. The number of rotatable bonds is 4. The second-order valence-corrected chi connectivity index (χ2v) is 6.39. The van der Waals surface area contributed by atoms with E-state index in [4.69, 9.17) is 9.47 Å². The van der Waals surface area contributed by atoms with Crippen molar-refractivity contribution in [1.29, 1.82) is 0 Å². The molecule has 1 aliphatic heterocycles.